The van der Waals surface area contributed by atoms with Crippen molar-refractivity contribution < 1.29 is 0 Å². The Morgan fingerprint density at radius 1 is 1.21 bits per heavy atom. The van der Waals surface area contributed by atoms with E-state index in [2.05, 4.69) is 35.9 Å². The number of piperidine rings is 1. The molecule has 2 heterocycles. The topological polar surface area (TPSA) is 42.1 Å². The SMILES string of the molecule is CC1(C)CCCN(c2ccc(N)c3cnccc23)C1. The molecule has 0 radical (unpaired) electrons. The maximum Gasteiger partial charge on any atom is 0.0448 e. The fourth-order valence-corrected chi connectivity index (χ4v) is 3.10. The van der Waals surface area contributed by atoms with Gasteiger partial charge in [-0.25, -0.2) is 0 Å². The average molecular weight is 255 g/mol. The number of nitrogens with zero attached hydrogens (tertiary/aromatic N) is 2. The van der Waals surface area contributed by atoms with Crippen molar-refractivity contribution >= 4 is 22.1 Å². The first-order valence-corrected chi connectivity index (χ1v) is 6.94. The molecule has 1 aliphatic rings. The summed E-state index contributed by atoms with van der Waals surface area (Å²) < 4.78 is 0. The standard InChI is InChI=1S/C16H21N3/c1-16(2)7-3-9-19(11-16)15-5-4-14(17)13-10-18-8-6-12(13)15/h4-6,8,10H,3,7,9,11,17H2,1-2H3. The lowest BCUT2D eigenvalue weighted by molar-refractivity contribution is 0.293. The first-order valence-electron chi connectivity index (χ1n) is 6.94. The molecule has 0 atom stereocenters. The Hall–Kier alpha value is -1.77. The zero-order valence-electron chi connectivity index (χ0n) is 11.7. The highest BCUT2D eigenvalue weighted by Gasteiger charge is 2.27. The summed E-state index contributed by atoms with van der Waals surface area (Å²) >= 11 is 0. The highest BCUT2D eigenvalue weighted by Crippen LogP contribution is 2.36. The third-order valence-corrected chi connectivity index (χ3v) is 4.07. The first kappa shape index (κ1) is 12.3. The van der Waals surface area contributed by atoms with Gasteiger partial charge in [0, 0.05) is 47.6 Å². The van der Waals surface area contributed by atoms with Crippen LogP contribution in [0.5, 0.6) is 0 Å². The highest BCUT2D eigenvalue weighted by molar-refractivity contribution is 6.00. The Balaban J connectivity index is 2.08. The lowest BCUT2D eigenvalue weighted by Crippen LogP contribution is -2.40. The van der Waals surface area contributed by atoms with E-state index >= 15 is 0 Å². The van der Waals surface area contributed by atoms with E-state index in [1.54, 1.807) is 0 Å². The van der Waals surface area contributed by atoms with Crippen molar-refractivity contribution in [3.8, 4) is 0 Å². The van der Waals surface area contributed by atoms with Crippen LogP contribution in [-0.2, 0) is 0 Å². The molecule has 3 rings (SSSR count). The summed E-state index contributed by atoms with van der Waals surface area (Å²) in [6.45, 7) is 6.93. The fraction of sp³-hybridized carbons (Fsp3) is 0.438. The number of nitrogen functional groups attached to an aromatic ring is 1. The number of pyridine rings is 1. The first-order chi connectivity index (χ1) is 9.07. The third-order valence-electron chi connectivity index (χ3n) is 4.07. The lowest BCUT2D eigenvalue weighted by Gasteiger charge is -2.40. The van der Waals surface area contributed by atoms with Crippen molar-refractivity contribution in [2.75, 3.05) is 23.7 Å². The Labute approximate surface area is 114 Å². The third kappa shape index (κ3) is 2.25. The second-order valence-electron chi connectivity index (χ2n) is 6.28. The maximum absolute atomic E-state index is 6.05. The summed E-state index contributed by atoms with van der Waals surface area (Å²) in [7, 11) is 0. The predicted octanol–water partition coefficient (Wildman–Crippen LogP) is 3.44. The molecular weight excluding hydrogens is 234 g/mol. The van der Waals surface area contributed by atoms with Gasteiger partial charge in [0.15, 0.2) is 0 Å². The number of hydrogen-bond acceptors (Lipinski definition) is 3. The van der Waals surface area contributed by atoms with Gasteiger partial charge in [0.2, 0.25) is 0 Å². The number of aromatic nitrogens is 1. The largest absolute Gasteiger partial charge is 0.398 e. The molecule has 2 N–H and O–H groups in total. The van der Waals surface area contributed by atoms with Crippen LogP contribution in [-0.4, -0.2) is 18.1 Å². The summed E-state index contributed by atoms with van der Waals surface area (Å²) in [5.74, 6) is 0. The van der Waals surface area contributed by atoms with E-state index in [1.807, 2.05) is 18.5 Å². The van der Waals surface area contributed by atoms with Crippen LogP contribution in [0.15, 0.2) is 30.6 Å². The maximum atomic E-state index is 6.05. The number of hydrogen-bond donors (Lipinski definition) is 1. The molecule has 19 heavy (non-hydrogen) atoms. The molecule has 1 aliphatic heterocycles. The molecule has 1 saturated heterocycles. The van der Waals surface area contributed by atoms with Crippen LogP contribution in [0.1, 0.15) is 26.7 Å². The van der Waals surface area contributed by atoms with E-state index < -0.39 is 0 Å². The van der Waals surface area contributed by atoms with Crippen LogP contribution in [0.3, 0.4) is 0 Å². The summed E-state index contributed by atoms with van der Waals surface area (Å²) in [6, 6.07) is 6.22. The van der Waals surface area contributed by atoms with Crippen LogP contribution in [0.25, 0.3) is 10.8 Å². The molecule has 0 saturated carbocycles. The predicted molar refractivity (Wildman–Crippen MR) is 81.4 cm³/mol. The minimum Gasteiger partial charge on any atom is -0.398 e. The Morgan fingerprint density at radius 3 is 2.84 bits per heavy atom. The fourth-order valence-electron chi connectivity index (χ4n) is 3.10. The van der Waals surface area contributed by atoms with Crippen molar-refractivity contribution in [2.24, 2.45) is 5.41 Å². The second kappa shape index (κ2) is 4.41. The van der Waals surface area contributed by atoms with E-state index in [4.69, 9.17) is 5.73 Å². The molecular formula is C16H21N3. The molecule has 3 heteroatoms. The normalized spacial score (nSPS) is 18.7. The van der Waals surface area contributed by atoms with Gasteiger partial charge in [-0.3, -0.25) is 4.98 Å². The Kier molecular flexibility index (Phi) is 2.85. The van der Waals surface area contributed by atoms with E-state index in [0.29, 0.717) is 5.41 Å². The summed E-state index contributed by atoms with van der Waals surface area (Å²) in [5, 5.41) is 2.27. The molecule has 1 aromatic heterocycles. The van der Waals surface area contributed by atoms with Crippen molar-refractivity contribution in [1.82, 2.24) is 4.98 Å². The van der Waals surface area contributed by atoms with E-state index in [0.717, 1.165) is 24.2 Å². The van der Waals surface area contributed by atoms with Gasteiger partial charge in [0.05, 0.1) is 0 Å². The van der Waals surface area contributed by atoms with E-state index in [9.17, 15) is 0 Å². The Morgan fingerprint density at radius 2 is 2.05 bits per heavy atom. The molecule has 0 spiro atoms. The zero-order chi connectivity index (χ0) is 13.5. The van der Waals surface area contributed by atoms with Crippen LogP contribution in [0.4, 0.5) is 11.4 Å². The van der Waals surface area contributed by atoms with E-state index in [1.165, 1.54) is 23.9 Å². The molecule has 0 amide bonds. The van der Waals surface area contributed by atoms with Crippen LogP contribution in [0, 0.1) is 5.41 Å². The Bertz CT molecular complexity index is 604. The molecule has 0 bridgehead atoms. The van der Waals surface area contributed by atoms with Crippen molar-refractivity contribution in [1.29, 1.82) is 0 Å². The quantitative estimate of drug-likeness (QED) is 0.794. The number of benzene rings is 1. The number of rotatable bonds is 1. The smallest absolute Gasteiger partial charge is 0.0448 e. The van der Waals surface area contributed by atoms with Gasteiger partial charge in [-0.2, -0.15) is 0 Å². The van der Waals surface area contributed by atoms with Gasteiger partial charge in [-0.1, -0.05) is 13.8 Å². The minimum atomic E-state index is 0.388. The monoisotopic (exact) mass is 255 g/mol. The number of anilines is 2. The average Bonchev–Trinajstić information content (AvgIpc) is 2.38. The zero-order valence-corrected chi connectivity index (χ0v) is 11.7. The van der Waals surface area contributed by atoms with E-state index in [-0.39, 0.29) is 0 Å². The van der Waals surface area contributed by atoms with Crippen LogP contribution < -0.4 is 10.6 Å². The van der Waals surface area contributed by atoms with Gasteiger partial charge >= 0.3 is 0 Å². The van der Waals surface area contributed by atoms with Gasteiger partial charge in [-0.05, 0) is 36.5 Å². The molecule has 1 aromatic carbocycles. The van der Waals surface area contributed by atoms with Gasteiger partial charge in [-0.15, -0.1) is 0 Å². The summed E-state index contributed by atoms with van der Waals surface area (Å²) in [4.78, 5) is 6.68. The van der Waals surface area contributed by atoms with Crippen molar-refractivity contribution in [2.45, 2.75) is 26.7 Å². The summed E-state index contributed by atoms with van der Waals surface area (Å²) in [5.41, 5.74) is 8.54. The molecule has 0 unspecified atom stereocenters. The van der Waals surface area contributed by atoms with Crippen LogP contribution >= 0.6 is 0 Å². The van der Waals surface area contributed by atoms with Crippen molar-refractivity contribution in [3.63, 3.8) is 0 Å². The van der Waals surface area contributed by atoms with Gasteiger partial charge in [0.25, 0.3) is 0 Å². The molecule has 0 aliphatic carbocycles. The number of nitrogens with two attached hydrogens (primary N) is 1. The molecule has 3 nitrogen and oxygen atoms in total. The lowest BCUT2D eigenvalue weighted by atomic mass is 9.84. The minimum absolute atomic E-state index is 0.388. The van der Waals surface area contributed by atoms with Crippen molar-refractivity contribution in [3.05, 3.63) is 30.6 Å². The second-order valence-corrected chi connectivity index (χ2v) is 6.28. The molecule has 1 fully saturated rings. The highest BCUT2D eigenvalue weighted by atomic mass is 15.1. The molecule has 100 valence electrons. The van der Waals surface area contributed by atoms with Crippen LogP contribution in [0.2, 0.25) is 0 Å². The summed E-state index contributed by atoms with van der Waals surface area (Å²) in [6.07, 6.45) is 6.27. The number of fused-ring (bicyclic) bond motifs is 1. The molecule has 2 aromatic rings. The van der Waals surface area contributed by atoms with Gasteiger partial charge in [0.1, 0.15) is 0 Å². The van der Waals surface area contributed by atoms with Gasteiger partial charge < -0.3 is 10.6 Å².